The van der Waals surface area contributed by atoms with E-state index in [1.807, 2.05) is 31.2 Å². The van der Waals surface area contributed by atoms with Gasteiger partial charge in [0.2, 0.25) is 0 Å². The van der Waals surface area contributed by atoms with Crippen LogP contribution in [0.4, 0.5) is 0 Å². The molecule has 3 aromatic rings. The molecule has 0 bridgehead atoms. The van der Waals surface area contributed by atoms with Crippen molar-refractivity contribution in [2.24, 2.45) is 7.05 Å². The van der Waals surface area contributed by atoms with Gasteiger partial charge in [-0.3, -0.25) is 4.68 Å². The Labute approximate surface area is 121 Å². The summed E-state index contributed by atoms with van der Waals surface area (Å²) in [6, 6.07) is 7.87. The van der Waals surface area contributed by atoms with Gasteiger partial charge in [0.15, 0.2) is 0 Å². The predicted molar refractivity (Wildman–Crippen MR) is 78.4 cm³/mol. The van der Waals surface area contributed by atoms with Crippen molar-refractivity contribution in [2.75, 3.05) is 0 Å². The first-order valence-electron chi connectivity index (χ1n) is 6.80. The smallest absolute Gasteiger partial charge is 0.339 e. The standard InChI is InChI=1S/C15H16N4O2/c1-3-14-17-11-6-4-5-7-12(11)19(14)9-13-10(15(20)21)8-16-18(13)2/h4-8H,3,9H2,1-2H3,(H,20,21). The molecule has 2 aromatic heterocycles. The summed E-state index contributed by atoms with van der Waals surface area (Å²) >= 11 is 0. The highest BCUT2D eigenvalue weighted by Gasteiger charge is 2.18. The summed E-state index contributed by atoms with van der Waals surface area (Å²) in [6.45, 7) is 2.49. The number of benzene rings is 1. The van der Waals surface area contributed by atoms with Crippen LogP contribution in [0.5, 0.6) is 0 Å². The van der Waals surface area contributed by atoms with Crippen LogP contribution < -0.4 is 0 Å². The molecule has 0 saturated heterocycles. The Hall–Kier alpha value is -2.63. The second-order valence-electron chi connectivity index (χ2n) is 4.89. The first-order valence-corrected chi connectivity index (χ1v) is 6.80. The van der Waals surface area contributed by atoms with Crippen LogP contribution >= 0.6 is 0 Å². The second-order valence-corrected chi connectivity index (χ2v) is 4.89. The van der Waals surface area contributed by atoms with Crippen LogP contribution in [0.1, 0.15) is 28.8 Å². The number of rotatable bonds is 4. The zero-order chi connectivity index (χ0) is 15.0. The van der Waals surface area contributed by atoms with Crippen LogP contribution in [0.25, 0.3) is 11.0 Å². The summed E-state index contributed by atoms with van der Waals surface area (Å²) in [7, 11) is 1.76. The Morgan fingerprint density at radius 2 is 2.10 bits per heavy atom. The van der Waals surface area contributed by atoms with E-state index in [2.05, 4.69) is 14.6 Å². The predicted octanol–water partition coefficient (Wildman–Crippen LogP) is 2.08. The Bertz CT molecular complexity index is 816. The zero-order valence-electron chi connectivity index (χ0n) is 11.9. The van der Waals surface area contributed by atoms with Crippen LogP contribution in [-0.2, 0) is 20.0 Å². The van der Waals surface area contributed by atoms with Crippen molar-refractivity contribution >= 4 is 17.0 Å². The van der Waals surface area contributed by atoms with Crippen LogP contribution in [0.3, 0.4) is 0 Å². The number of carbonyl (C=O) groups is 1. The van der Waals surface area contributed by atoms with Crippen molar-refractivity contribution < 1.29 is 9.90 Å². The first kappa shape index (κ1) is 13.4. The molecule has 0 unspecified atom stereocenters. The Morgan fingerprint density at radius 3 is 2.81 bits per heavy atom. The molecule has 0 radical (unpaired) electrons. The highest BCUT2D eigenvalue weighted by atomic mass is 16.4. The van der Waals surface area contributed by atoms with E-state index in [0.29, 0.717) is 12.2 Å². The van der Waals surface area contributed by atoms with Crippen molar-refractivity contribution in [2.45, 2.75) is 19.9 Å². The van der Waals surface area contributed by atoms with Gasteiger partial charge in [-0.1, -0.05) is 19.1 Å². The molecular weight excluding hydrogens is 268 g/mol. The molecule has 0 atom stereocenters. The Balaban J connectivity index is 2.14. The minimum Gasteiger partial charge on any atom is -0.478 e. The van der Waals surface area contributed by atoms with Gasteiger partial charge in [0.25, 0.3) is 0 Å². The molecule has 0 fully saturated rings. The quantitative estimate of drug-likeness (QED) is 0.796. The van der Waals surface area contributed by atoms with Crippen LogP contribution in [0.2, 0.25) is 0 Å². The number of nitrogens with zero attached hydrogens (tertiary/aromatic N) is 4. The molecule has 0 aliphatic heterocycles. The molecule has 0 amide bonds. The number of aryl methyl sites for hydroxylation is 2. The number of imidazole rings is 1. The lowest BCUT2D eigenvalue weighted by molar-refractivity contribution is 0.0695. The highest BCUT2D eigenvalue weighted by Crippen LogP contribution is 2.19. The molecule has 3 rings (SSSR count). The minimum absolute atomic E-state index is 0.234. The number of carboxylic acid groups (broad SMARTS) is 1. The van der Waals surface area contributed by atoms with Gasteiger partial charge < -0.3 is 9.67 Å². The molecule has 0 spiro atoms. The molecule has 6 nitrogen and oxygen atoms in total. The average molecular weight is 284 g/mol. The van der Waals surface area contributed by atoms with Gasteiger partial charge in [0.05, 0.1) is 29.5 Å². The van der Waals surface area contributed by atoms with E-state index in [0.717, 1.165) is 23.3 Å². The maximum absolute atomic E-state index is 11.3. The maximum atomic E-state index is 11.3. The fraction of sp³-hybridized carbons (Fsp3) is 0.267. The molecule has 0 saturated carbocycles. The normalized spacial score (nSPS) is 11.1. The average Bonchev–Trinajstić information content (AvgIpc) is 3.01. The van der Waals surface area contributed by atoms with Gasteiger partial charge in [0.1, 0.15) is 11.4 Å². The number of carboxylic acids is 1. The van der Waals surface area contributed by atoms with Gasteiger partial charge in [-0.2, -0.15) is 5.10 Å². The number of aromatic carboxylic acids is 1. The third-order valence-electron chi connectivity index (χ3n) is 3.65. The lowest BCUT2D eigenvalue weighted by atomic mass is 10.2. The van der Waals surface area contributed by atoms with Gasteiger partial charge in [-0.15, -0.1) is 0 Å². The minimum atomic E-state index is -0.958. The molecule has 1 aromatic carbocycles. The summed E-state index contributed by atoms with van der Waals surface area (Å²) < 4.78 is 3.66. The molecule has 21 heavy (non-hydrogen) atoms. The monoisotopic (exact) mass is 284 g/mol. The number of fused-ring (bicyclic) bond motifs is 1. The molecule has 1 N–H and O–H groups in total. The third kappa shape index (κ3) is 2.18. The van der Waals surface area contributed by atoms with E-state index in [1.54, 1.807) is 11.7 Å². The van der Waals surface area contributed by atoms with E-state index >= 15 is 0 Å². The number of hydrogen-bond acceptors (Lipinski definition) is 3. The maximum Gasteiger partial charge on any atom is 0.339 e. The van der Waals surface area contributed by atoms with Crippen molar-refractivity contribution in [1.82, 2.24) is 19.3 Å². The SMILES string of the molecule is CCc1nc2ccccc2n1Cc1c(C(=O)O)cnn1C. The largest absolute Gasteiger partial charge is 0.478 e. The van der Waals surface area contributed by atoms with Gasteiger partial charge in [0, 0.05) is 13.5 Å². The lowest BCUT2D eigenvalue weighted by Gasteiger charge is -2.09. The number of aromatic nitrogens is 4. The van der Waals surface area contributed by atoms with E-state index < -0.39 is 5.97 Å². The zero-order valence-corrected chi connectivity index (χ0v) is 11.9. The molecule has 0 aliphatic rings. The molecule has 2 heterocycles. The third-order valence-corrected chi connectivity index (χ3v) is 3.65. The van der Waals surface area contributed by atoms with Crippen LogP contribution in [0.15, 0.2) is 30.5 Å². The fourth-order valence-corrected chi connectivity index (χ4v) is 2.55. The Kier molecular flexibility index (Phi) is 3.21. The summed E-state index contributed by atoms with van der Waals surface area (Å²) in [5.74, 6) is -0.0192. The molecule has 108 valence electrons. The van der Waals surface area contributed by atoms with Crippen LogP contribution in [0, 0.1) is 0 Å². The first-order chi connectivity index (χ1) is 10.1. The van der Waals surface area contributed by atoms with Gasteiger partial charge in [-0.25, -0.2) is 9.78 Å². The lowest BCUT2D eigenvalue weighted by Crippen LogP contribution is -2.12. The molecule has 6 heteroatoms. The van der Waals surface area contributed by atoms with Crippen molar-refractivity contribution in [3.8, 4) is 0 Å². The fourth-order valence-electron chi connectivity index (χ4n) is 2.55. The summed E-state index contributed by atoms with van der Waals surface area (Å²) in [6.07, 6.45) is 2.18. The van der Waals surface area contributed by atoms with Crippen LogP contribution in [-0.4, -0.2) is 30.4 Å². The summed E-state index contributed by atoms with van der Waals surface area (Å²) in [5.41, 5.74) is 2.83. The van der Waals surface area contributed by atoms with Crippen molar-refractivity contribution in [1.29, 1.82) is 0 Å². The van der Waals surface area contributed by atoms with E-state index in [-0.39, 0.29) is 5.56 Å². The highest BCUT2D eigenvalue weighted by molar-refractivity contribution is 5.88. The summed E-state index contributed by atoms with van der Waals surface area (Å²) in [5, 5.41) is 13.3. The second kappa shape index (κ2) is 5.05. The topological polar surface area (TPSA) is 72.9 Å². The van der Waals surface area contributed by atoms with E-state index in [9.17, 15) is 9.90 Å². The van der Waals surface area contributed by atoms with E-state index in [1.165, 1.54) is 6.20 Å². The number of hydrogen-bond donors (Lipinski definition) is 1. The van der Waals surface area contributed by atoms with E-state index in [4.69, 9.17) is 0 Å². The van der Waals surface area contributed by atoms with Gasteiger partial charge >= 0.3 is 5.97 Å². The van der Waals surface area contributed by atoms with Gasteiger partial charge in [-0.05, 0) is 12.1 Å². The van der Waals surface area contributed by atoms with Crippen molar-refractivity contribution in [3.05, 3.63) is 47.5 Å². The molecule has 0 aliphatic carbocycles. The van der Waals surface area contributed by atoms with Crippen molar-refractivity contribution in [3.63, 3.8) is 0 Å². The molecular formula is C15H16N4O2. The number of para-hydroxylation sites is 2. The summed E-state index contributed by atoms with van der Waals surface area (Å²) in [4.78, 5) is 15.9. The Morgan fingerprint density at radius 1 is 1.33 bits per heavy atom.